The number of hydrogen-bond donors (Lipinski definition) is 1. The minimum absolute atomic E-state index is 0.0677. The van der Waals surface area contributed by atoms with E-state index >= 15 is 0 Å². The van der Waals surface area contributed by atoms with E-state index in [-0.39, 0.29) is 16.7 Å². The molecule has 1 heterocycles. The predicted molar refractivity (Wildman–Crippen MR) is 69.0 cm³/mol. The lowest BCUT2D eigenvalue weighted by Gasteiger charge is -2.10. The van der Waals surface area contributed by atoms with Crippen molar-refractivity contribution in [3.8, 4) is 17.2 Å². The van der Waals surface area contributed by atoms with E-state index in [1.807, 2.05) is 0 Å². The molecule has 0 aliphatic carbocycles. The molecule has 2 rings (SSSR count). The van der Waals surface area contributed by atoms with Gasteiger partial charge in [0.25, 0.3) is 9.05 Å². The zero-order valence-electron chi connectivity index (χ0n) is 10.1. The maximum absolute atomic E-state index is 12.8. The molecule has 0 saturated heterocycles. The highest BCUT2D eigenvalue weighted by molar-refractivity contribution is 8.13. The second-order valence-corrected chi connectivity index (χ2v) is 6.64. The van der Waals surface area contributed by atoms with Crippen LogP contribution >= 0.6 is 10.7 Å². The minimum atomic E-state index is -4.74. The molecule has 2 aromatic rings. The van der Waals surface area contributed by atoms with Gasteiger partial charge < -0.3 is 4.98 Å². The molecular weight excluding hydrogens is 329 g/mol. The van der Waals surface area contributed by atoms with Crippen molar-refractivity contribution < 1.29 is 21.6 Å². The number of nitrogens with one attached hydrogen (secondary N) is 1. The molecule has 9 heteroatoms. The number of aromatic nitrogens is 1. The molecule has 0 atom stereocenters. The van der Waals surface area contributed by atoms with Gasteiger partial charge in [-0.2, -0.15) is 18.4 Å². The monoisotopic (exact) mass is 334 g/mol. The highest BCUT2D eigenvalue weighted by Gasteiger charge is 2.32. The molecule has 0 aliphatic heterocycles. The summed E-state index contributed by atoms with van der Waals surface area (Å²) in [6.45, 7) is 0. The molecule has 4 nitrogen and oxygen atoms in total. The Morgan fingerprint density at radius 2 is 1.86 bits per heavy atom. The van der Waals surface area contributed by atoms with E-state index < -0.39 is 25.7 Å². The van der Waals surface area contributed by atoms with Gasteiger partial charge in [0.05, 0.1) is 16.0 Å². The third-order valence-corrected chi connectivity index (χ3v) is 4.03. The normalized spacial score (nSPS) is 12.1. The zero-order valence-corrected chi connectivity index (χ0v) is 11.6. The number of nitrogens with zero attached hydrogens (tertiary/aromatic N) is 1. The van der Waals surface area contributed by atoms with Crippen molar-refractivity contribution in [3.63, 3.8) is 0 Å². The largest absolute Gasteiger partial charge is 0.416 e. The Hall–Kier alpha value is -1.98. The summed E-state index contributed by atoms with van der Waals surface area (Å²) in [5.41, 5.74) is -0.983. The average Bonchev–Trinajstić information content (AvgIpc) is 2.84. The maximum Gasteiger partial charge on any atom is 0.416 e. The number of H-pyrrole nitrogens is 1. The Balaban J connectivity index is 2.76. The fraction of sp³-hybridized carbons (Fsp3) is 0.0833. The molecule has 110 valence electrons. The third-order valence-electron chi connectivity index (χ3n) is 2.69. The van der Waals surface area contributed by atoms with Gasteiger partial charge in [-0.05, 0) is 23.8 Å². The fourth-order valence-electron chi connectivity index (χ4n) is 1.75. The van der Waals surface area contributed by atoms with Crippen LogP contribution in [-0.2, 0) is 15.2 Å². The molecule has 0 fully saturated rings. The second-order valence-electron chi connectivity index (χ2n) is 4.08. The number of rotatable bonds is 2. The van der Waals surface area contributed by atoms with E-state index in [4.69, 9.17) is 15.9 Å². The second kappa shape index (κ2) is 5.09. The van der Waals surface area contributed by atoms with E-state index in [1.54, 1.807) is 6.07 Å². The van der Waals surface area contributed by atoms with Crippen molar-refractivity contribution >= 4 is 19.7 Å². The van der Waals surface area contributed by atoms with Crippen molar-refractivity contribution in [1.82, 2.24) is 4.98 Å². The molecular formula is C12H6ClF3N2O2S. The molecule has 1 N–H and O–H groups in total. The lowest BCUT2D eigenvalue weighted by molar-refractivity contribution is -0.137. The number of alkyl halides is 3. The van der Waals surface area contributed by atoms with Crippen molar-refractivity contribution in [2.24, 2.45) is 0 Å². The lowest BCUT2D eigenvalue weighted by Crippen LogP contribution is -2.07. The van der Waals surface area contributed by atoms with E-state index in [0.29, 0.717) is 6.07 Å². The van der Waals surface area contributed by atoms with Gasteiger partial charge in [-0.1, -0.05) is 0 Å². The molecule has 0 amide bonds. The predicted octanol–water partition coefficient (Wildman–Crippen LogP) is 3.50. The Labute approximate surface area is 122 Å². The third kappa shape index (κ3) is 3.20. The van der Waals surface area contributed by atoms with Gasteiger partial charge in [0.1, 0.15) is 6.07 Å². The smallest absolute Gasteiger partial charge is 0.366 e. The Morgan fingerprint density at radius 1 is 1.19 bits per heavy atom. The van der Waals surface area contributed by atoms with E-state index in [2.05, 4.69) is 4.98 Å². The van der Waals surface area contributed by atoms with Gasteiger partial charge in [-0.25, -0.2) is 8.42 Å². The molecule has 0 spiro atoms. The van der Waals surface area contributed by atoms with Gasteiger partial charge >= 0.3 is 6.18 Å². The van der Waals surface area contributed by atoms with Gasteiger partial charge in [0.2, 0.25) is 0 Å². The van der Waals surface area contributed by atoms with Crippen LogP contribution in [0.5, 0.6) is 0 Å². The highest BCUT2D eigenvalue weighted by Crippen LogP contribution is 2.36. The number of aromatic amines is 1. The first-order chi connectivity index (χ1) is 9.63. The van der Waals surface area contributed by atoms with Crippen LogP contribution in [0.15, 0.2) is 35.5 Å². The van der Waals surface area contributed by atoms with Crippen molar-refractivity contribution in [2.45, 2.75) is 11.1 Å². The summed E-state index contributed by atoms with van der Waals surface area (Å²) < 4.78 is 61.2. The minimum Gasteiger partial charge on any atom is -0.366 e. The Morgan fingerprint density at radius 3 is 2.38 bits per heavy atom. The number of hydrogen-bond acceptors (Lipinski definition) is 3. The summed E-state index contributed by atoms with van der Waals surface area (Å²) in [6, 6.07) is 3.99. The van der Waals surface area contributed by atoms with Gasteiger partial charge in [0, 0.05) is 28.6 Å². The maximum atomic E-state index is 12.8. The van der Waals surface area contributed by atoms with Crippen LogP contribution in [0.25, 0.3) is 11.1 Å². The topological polar surface area (TPSA) is 73.7 Å². The summed E-state index contributed by atoms with van der Waals surface area (Å²) in [4.78, 5) is 1.90. The first-order valence-electron chi connectivity index (χ1n) is 5.37. The zero-order chi connectivity index (χ0) is 15.8. The van der Waals surface area contributed by atoms with E-state index in [1.165, 1.54) is 12.4 Å². The highest BCUT2D eigenvalue weighted by atomic mass is 35.7. The van der Waals surface area contributed by atoms with Crippen LogP contribution in [0.2, 0.25) is 0 Å². The summed E-state index contributed by atoms with van der Waals surface area (Å²) in [6.07, 6.45) is -2.14. The van der Waals surface area contributed by atoms with Crippen LogP contribution in [0.3, 0.4) is 0 Å². The number of benzene rings is 1. The number of nitriles is 1. The molecule has 0 radical (unpaired) electrons. The summed E-state index contributed by atoms with van der Waals surface area (Å²) in [5, 5.41) is 8.89. The molecule has 0 unspecified atom stereocenters. The SMILES string of the molecule is N#Cc1c[nH]cc1-c1cc(C(F)(F)F)cc(S(=O)(=O)Cl)c1. The van der Waals surface area contributed by atoms with Gasteiger partial charge in [-0.15, -0.1) is 0 Å². The van der Waals surface area contributed by atoms with E-state index in [0.717, 1.165) is 12.1 Å². The van der Waals surface area contributed by atoms with Gasteiger partial charge in [0.15, 0.2) is 0 Å². The lowest BCUT2D eigenvalue weighted by atomic mass is 10.0. The van der Waals surface area contributed by atoms with Crippen LogP contribution in [0.4, 0.5) is 13.2 Å². The Bertz CT molecular complexity index is 835. The average molecular weight is 335 g/mol. The van der Waals surface area contributed by atoms with Crippen molar-refractivity contribution in [3.05, 3.63) is 41.7 Å². The number of halogens is 4. The molecule has 0 saturated carbocycles. The first-order valence-corrected chi connectivity index (χ1v) is 7.68. The van der Waals surface area contributed by atoms with Crippen LogP contribution in [0, 0.1) is 11.3 Å². The first kappa shape index (κ1) is 15.4. The molecule has 21 heavy (non-hydrogen) atoms. The van der Waals surface area contributed by atoms with E-state index in [9.17, 15) is 21.6 Å². The van der Waals surface area contributed by atoms with Gasteiger partial charge in [-0.3, -0.25) is 0 Å². The summed E-state index contributed by atoms with van der Waals surface area (Å²) in [5.74, 6) is 0. The Kier molecular flexibility index (Phi) is 3.74. The summed E-state index contributed by atoms with van der Waals surface area (Å²) >= 11 is 0. The van der Waals surface area contributed by atoms with Crippen molar-refractivity contribution in [1.29, 1.82) is 5.26 Å². The molecule has 0 aliphatic rings. The van der Waals surface area contributed by atoms with Crippen LogP contribution in [0.1, 0.15) is 11.1 Å². The van der Waals surface area contributed by atoms with Crippen LogP contribution in [-0.4, -0.2) is 13.4 Å². The fourth-order valence-corrected chi connectivity index (χ4v) is 2.56. The molecule has 1 aromatic carbocycles. The summed E-state index contributed by atoms with van der Waals surface area (Å²) in [7, 11) is 0.780. The van der Waals surface area contributed by atoms with Crippen LogP contribution < -0.4 is 0 Å². The standard InChI is InChI=1S/C12H6ClF3N2O2S/c13-21(19,20)10-2-7(1-9(3-10)12(14,15)16)11-6-18-5-8(11)4-17/h1-3,5-6,18H. The van der Waals surface area contributed by atoms with Crippen molar-refractivity contribution in [2.75, 3.05) is 0 Å². The quantitative estimate of drug-likeness (QED) is 0.854. The molecule has 0 bridgehead atoms. The molecule has 1 aromatic heterocycles.